The van der Waals surface area contributed by atoms with Crippen LogP contribution in [0.2, 0.25) is 0 Å². The van der Waals surface area contributed by atoms with Crippen LogP contribution in [-0.2, 0) is 9.84 Å². The van der Waals surface area contributed by atoms with Crippen LogP contribution in [0.3, 0.4) is 0 Å². The van der Waals surface area contributed by atoms with Gasteiger partial charge in [-0.25, -0.2) is 8.42 Å². The number of hydrogen-bond acceptors (Lipinski definition) is 4. The average molecular weight is 223 g/mol. The molecule has 0 spiro atoms. The largest absolute Gasteiger partial charge is 0.312 e. The fourth-order valence-corrected chi connectivity index (χ4v) is 2.95. The van der Waals surface area contributed by atoms with E-state index in [-0.39, 0.29) is 5.75 Å². The van der Waals surface area contributed by atoms with E-state index in [0.717, 1.165) is 5.75 Å². The highest BCUT2D eigenvalue weighted by atomic mass is 32.2. The van der Waals surface area contributed by atoms with Gasteiger partial charge in [0.1, 0.15) is 9.84 Å². The summed E-state index contributed by atoms with van der Waals surface area (Å²) in [6.07, 6.45) is 3.72. The first kappa shape index (κ1) is 11.3. The first-order chi connectivity index (χ1) is 6.08. The van der Waals surface area contributed by atoms with E-state index in [4.69, 9.17) is 0 Å². The monoisotopic (exact) mass is 223 g/mol. The van der Waals surface area contributed by atoms with Crippen molar-refractivity contribution in [2.24, 2.45) is 0 Å². The van der Waals surface area contributed by atoms with Crippen LogP contribution in [0, 0.1) is 0 Å². The number of rotatable bonds is 4. The van der Waals surface area contributed by atoms with Gasteiger partial charge in [0.25, 0.3) is 0 Å². The molecule has 0 aromatic carbocycles. The van der Waals surface area contributed by atoms with Gasteiger partial charge in [0.05, 0.1) is 5.75 Å². The van der Waals surface area contributed by atoms with E-state index < -0.39 is 9.84 Å². The van der Waals surface area contributed by atoms with E-state index in [9.17, 15) is 8.42 Å². The lowest BCUT2D eigenvalue weighted by atomic mass is 10.2. The van der Waals surface area contributed by atoms with Gasteiger partial charge in [0.2, 0.25) is 0 Å². The van der Waals surface area contributed by atoms with Crippen LogP contribution in [0.5, 0.6) is 0 Å². The molecule has 1 N–H and O–H groups in total. The summed E-state index contributed by atoms with van der Waals surface area (Å²) in [6, 6.07) is 0.528. The summed E-state index contributed by atoms with van der Waals surface area (Å²) < 4.78 is 21.7. The van der Waals surface area contributed by atoms with Gasteiger partial charge in [0.15, 0.2) is 0 Å². The molecule has 13 heavy (non-hydrogen) atoms. The Labute approximate surface area is 84.6 Å². The highest BCUT2D eigenvalue weighted by molar-refractivity contribution is 7.99. The molecule has 1 aliphatic heterocycles. The molecule has 1 fully saturated rings. The third-order valence-corrected chi connectivity index (χ3v) is 4.23. The third-order valence-electron chi connectivity index (χ3n) is 2.07. The summed E-state index contributed by atoms with van der Waals surface area (Å²) in [6.45, 7) is 0.601. The van der Waals surface area contributed by atoms with Crippen LogP contribution in [0.4, 0.5) is 0 Å². The van der Waals surface area contributed by atoms with Gasteiger partial charge in [-0.3, -0.25) is 0 Å². The van der Waals surface area contributed by atoms with Crippen LogP contribution < -0.4 is 5.32 Å². The summed E-state index contributed by atoms with van der Waals surface area (Å²) in [7, 11) is -2.79. The SMILES string of the molecule is CS(=O)(=O)CCNC1CCCSC1. The minimum Gasteiger partial charge on any atom is -0.312 e. The Morgan fingerprint density at radius 2 is 2.31 bits per heavy atom. The molecule has 1 saturated heterocycles. The molecular weight excluding hydrogens is 206 g/mol. The maximum absolute atomic E-state index is 10.8. The molecule has 0 aromatic rings. The van der Waals surface area contributed by atoms with Gasteiger partial charge >= 0.3 is 0 Å². The number of sulfone groups is 1. The van der Waals surface area contributed by atoms with Crippen LogP contribution in [-0.4, -0.2) is 44.5 Å². The maximum Gasteiger partial charge on any atom is 0.148 e. The van der Waals surface area contributed by atoms with Gasteiger partial charge < -0.3 is 5.32 Å². The van der Waals surface area contributed by atoms with Crippen molar-refractivity contribution in [2.45, 2.75) is 18.9 Å². The van der Waals surface area contributed by atoms with Crippen molar-refractivity contribution in [3.63, 3.8) is 0 Å². The van der Waals surface area contributed by atoms with Crippen molar-refractivity contribution in [1.29, 1.82) is 0 Å². The average Bonchev–Trinajstić information content (AvgIpc) is 2.04. The first-order valence-corrected chi connectivity index (χ1v) is 7.78. The lowest BCUT2D eigenvalue weighted by Gasteiger charge is -2.22. The Morgan fingerprint density at radius 3 is 2.85 bits per heavy atom. The van der Waals surface area contributed by atoms with E-state index in [1.165, 1.54) is 24.9 Å². The number of thioether (sulfide) groups is 1. The summed E-state index contributed by atoms with van der Waals surface area (Å²) in [5.74, 6) is 2.64. The standard InChI is InChI=1S/C8H17NO2S2/c1-13(10,11)6-4-9-8-3-2-5-12-7-8/h8-9H,2-7H2,1H3. The van der Waals surface area contributed by atoms with Gasteiger partial charge in [-0.15, -0.1) is 0 Å². The summed E-state index contributed by atoms with van der Waals surface area (Å²) in [5.41, 5.74) is 0. The Hall–Kier alpha value is 0.260. The second kappa shape index (κ2) is 5.22. The minimum atomic E-state index is -2.79. The van der Waals surface area contributed by atoms with Crippen molar-refractivity contribution in [3.05, 3.63) is 0 Å². The molecule has 5 heteroatoms. The van der Waals surface area contributed by atoms with Gasteiger partial charge in [-0.1, -0.05) is 0 Å². The molecule has 1 heterocycles. The predicted octanol–water partition coefficient (Wildman–Crippen LogP) is 0.516. The van der Waals surface area contributed by atoms with Crippen molar-refractivity contribution in [1.82, 2.24) is 5.32 Å². The van der Waals surface area contributed by atoms with Crippen molar-refractivity contribution in [2.75, 3.05) is 30.1 Å². The van der Waals surface area contributed by atoms with Gasteiger partial charge in [-0.2, -0.15) is 11.8 Å². The normalized spacial score (nSPS) is 24.5. The van der Waals surface area contributed by atoms with Crippen LogP contribution >= 0.6 is 11.8 Å². The van der Waals surface area contributed by atoms with E-state index in [1.807, 2.05) is 11.8 Å². The van der Waals surface area contributed by atoms with Gasteiger partial charge in [-0.05, 0) is 18.6 Å². The Kier molecular flexibility index (Phi) is 4.55. The van der Waals surface area contributed by atoms with Crippen molar-refractivity contribution < 1.29 is 8.42 Å². The molecule has 0 saturated carbocycles. The van der Waals surface area contributed by atoms with Crippen molar-refractivity contribution >= 4 is 21.6 Å². The number of nitrogens with one attached hydrogen (secondary N) is 1. The lowest BCUT2D eigenvalue weighted by molar-refractivity contribution is 0.520. The fraction of sp³-hybridized carbons (Fsp3) is 1.00. The molecule has 3 nitrogen and oxygen atoms in total. The lowest BCUT2D eigenvalue weighted by Crippen LogP contribution is -2.36. The highest BCUT2D eigenvalue weighted by Crippen LogP contribution is 2.16. The summed E-state index contributed by atoms with van der Waals surface area (Å²) in [4.78, 5) is 0. The predicted molar refractivity (Wildman–Crippen MR) is 58.1 cm³/mol. The Bertz CT molecular complexity index is 233. The molecule has 78 valence electrons. The number of hydrogen-bond donors (Lipinski definition) is 1. The van der Waals surface area contributed by atoms with E-state index in [0.29, 0.717) is 12.6 Å². The topological polar surface area (TPSA) is 46.2 Å². The van der Waals surface area contributed by atoms with E-state index in [1.54, 1.807) is 0 Å². The zero-order valence-electron chi connectivity index (χ0n) is 7.95. The highest BCUT2D eigenvalue weighted by Gasteiger charge is 2.13. The summed E-state index contributed by atoms with van der Waals surface area (Å²) in [5, 5.41) is 3.28. The van der Waals surface area contributed by atoms with Crippen molar-refractivity contribution in [3.8, 4) is 0 Å². The molecule has 1 aliphatic rings. The zero-order valence-corrected chi connectivity index (χ0v) is 9.59. The molecule has 0 amide bonds. The maximum atomic E-state index is 10.8. The van der Waals surface area contributed by atoms with E-state index in [2.05, 4.69) is 5.32 Å². The van der Waals surface area contributed by atoms with Crippen LogP contribution in [0.15, 0.2) is 0 Å². The first-order valence-electron chi connectivity index (χ1n) is 4.57. The van der Waals surface area contributed by atoms with Gasteiger partial charge in [0, 0.05) is 24.6 Å². The second-order valence-electron chi connectivity index (χ2n) is 3.50. The molecule has 1 rings (SSSR count). The molecule has 0 aliphatic carbocycles. The van der Waals surface area contributed by atoms with E-state index >= 15 is 0 Å². The smallest absolute Gasteiger partial charge is 0.148 e. The fourth-order valence-electron chi connectivity index (χ4n) is 1.35. The molecule has 0 bridgehead atoms. The molecule has 1 unspecified atom stereocenters. The second-order valence-corrected chi connectivity index (χ2v) is 6.91. The summed E-state index contributed by atoms with van der Waals surface area (Å²) >= 11 is 1.95. The Balaban J connectivity index is 2.11. The quantitative estimate of drug-likeness (QED) is 0.754. The van der Waals surface area contributed by atoms with Crippen LogP contribution in [0.1, 0.15) is 12.8 Å². The minimum absolute atomic E-state index is 0.258. The molecule has 0 radical (unpaired) electrons. The third kappa shape index (κ3) is 5.54. The molecule has 0 aromatic heterocycles. The van der Waals surface area contributed by atoms with Crippen LogP contribution in [0.25, 0.3) is 0 Å². The Morgan fingerprint density at radius 1 is 1.54 bits per heavy atom. The molecular formula is C8H17NO2S2. The molecule has 1 atom stereocenters. The zero-order chi connectivity index (χ0) is 9.73.